The maximum absolute atomic E-state index is 4.13. The highest BCUT2D eigenvalue weighted by atomic mass is 79.9. The molecule has 6 aliphatic rings. The van der Waals surface area contributed by atoms with Crippen LogP contribution in [0.1, 0.15) is 58.8 Å². The molecule has 0 heterocycles. The van der Waals surface area contributed by atoms with Crippen LogP contribution >= 0.6 is 31.9 Å². The lowest BCUT2D eigenvalue weighted by Crippen LogP contribution is -2.34. The Hall–Kier alpha value is -1.12. The molecule has 0 N–H and O–H groups in total. The van der Waals surface area contributed by atoms with Gasteiger partial charge in [0.15, 0.2) is 0 Å². The summed E-state index contributed by atoms with van der Waals surface area (Å²) in [5, 5.41) is 0. The fourth-order valence-corrected chi connectivity index (χ4v) is 10.3. The van der Waals surface area contributed by atoms with E-state index in [4.69, 9.17) is 0 Å². The molecule has 28 heavy (non-hydrogen) atoms. The Morgan fingerprint density at radius 2 is 0.821 bits per heavy atom. The summed E-state index contributed by atoms with van der Waals surface area (Å²) >= 11 is 8.27. The smallest absolute Gasteiger partial charge is 0.00263 e. The van der Waals surface area contributed by atoms with E-state index in [1.807, 2.05) is 0 Å². The second-order valence-corrected chi connectivity index (χ2v) is 11.5. The van der Waals surface area contributed by atoms with Crippen molar-refractivity contribution in [3.05, 3.63) is 90.9 Å². The highest BCUT2D eigenvalue weighted by Crippen LogP contribution is 2.76. The molecule has 0 amide bonds. The monoisotopic (exact) mass is 490 g/mol. The Morgan fingerprint density at radius 3 is 1.18 bits per heavy atom. The molecule has 0 saturated heterocycles. The van der Waals surface area contributed by atoms with Crippen molar-refractivity contribution < 1.29 is 0 Å². The van der Waals surface area contributed by atoms with Crippen molar-refractivity contribution in [1.82, 2.24) is 0 Å². The van der Waals surface area contributed by atoms with Gasteiger partial charge in [-0.15, -0.1) is 0 Å². The lowest BCUT2D eigenvalue weighted by molar-refractivity contribution is 0.405. The van der Waals surface area contributed by atoms with Crippen LogP contribution in [0.4, 0.5) is 0 Å². The van der Waals surface area contributed by atoms with E-state index in [0.717, 1.165) is 47.3 Å². The van der Waals surface area contributed by atoms with Crippen molar-refractivity contribution in [3.8, 4) is 0 Å². The summed E-state index contributed by atoms with van der Waals surface area (Å²) in [7, 11) is 0. The highest BCUT2D eigenvalue weighted by molar-refractivity contribution is 9.12. The molecule has 138 valence electrons. The predicted molar refractivity (Wildman–Crippen MR) is 119 cm³/mol. The van der Waals surface area contributed by atoms with E-state index < -0.39 is 0 Å². The number of hydrogen-bond acceptors (Lipinski definition) is 0. The van der Waals surface area contributed by atoms with Gasteiger partial charge in [-0.3, -0.25) is 0 Å². The number of rotatable bonds is 1. The van der Waals surface area contributed by atoms with E-state index in [9.17, 15) is 0 Å². The van der Waals surface area contributed by atoms with Gasteiger partial charge in [-0.25, -0.2) is 0 Å². The van der Waals surface area contributed by atoms with Crippen molar-refractivity contribution >= 4 is 31.9 Å². The van der Waals surface area contributed by atoms with Crippen LogP contribution < -0.4 is 0 Å². The van der Waals surface area contributed by atoms with Crippen LogP contribution in [-0.2, 0) is 0 Å². The van der Waals surface area contributed by atoms with Gasteiger partial charge in [-0.2, -0.15) is 0 Å². The number of benzene rings is 2. The first-order chi connectivity index (χ1) is 13.8. The highest BCUT2D eigenvalue weighted by Gasteiger charge is 2.63. The number of halogens is 2. The summed E-state index contributed by atoms with van der Waals surface area (Å²) in [5.74, 6) is 5.99. The molecule has 2 fully saturated rings. The number of fused-ring (bicyclic) bond motifs is 16. The third kappa shape index (κ3) is 1.51. The van der Waals surface area contributed by atoms with Gasteiger partial charge < -0.3 is 0 Å². The van der Waals surface area contributed by atoms with E-state index in [1.54, 1.807) is 42.4 Å². The van der Waals surface area contributed by atoms with Crippen LogP contribution in [0.5, 0.6) is 0 Å². The van der Waals surface area contributed by atoms with E-state index in [1.165, 1.54) is 12.8 Å². The van der Waals surface area contributed by atoms with Gasteiger partial charge in [0.1, 0.15) is 0 Å². The van der Waals surface area contributed by atoms with Crippen LogP contribution in [0.15, 0.2) is 68.6 Å². The molecular weight excluding hydrogens is 472 g/mol. The minimum Gasteiger partial charge on any atom is -0.0620 e. The molecule has 4 bridgehead atoms. The zero-order chi connectivity index (χ0) is 18.3. The zero-order valence-electron chi connectivity index (χ0n) is 15.4. The van der Waals surface area contributed by atoms with Crippen molar-refractivity contribution in [2.75, 3.05) is 0 Å². The van der Waals surface area contributed by atoms with Crippen LogP contribution in [0, 0.1) is 23.7 Å². The van der Waals surface area contributed by atoms with Gasteiger partial charge in [0.25, 0.3) is 0 Å². The molecule has 0 radical (unpaired) electrons. The zero-order valence-corrected chi connectivity index (χ0v) is 18.6. The molecule has 2 heteroatoms. The third-order valence-electron chi connectivity index (χ3n) is 9.15. The third-order valence-corrected chi connectivity index (χ3v) is 11.2. The topological polar surface area (TPSA) is 0 Å². The van der Waals surface area contributed by atoms with Crippen molar-refractivity contribution in [2.45, 2.75) is 36.5 Å². The van der Waals surface area contributed by atoms with Gasteiger partial charge in [0, 0.05) is 8.96 Å². The Bertz CT molecular complexity index is 1060. The molecule has 0 nitrogen and oxygen atoms in total. The second-order valence-electron chi connectivity index (χ2n) is 9.78. The van der Waals surface area contributed by atoms with Crippen molar-refractivity contribution in [3.63, 3.8) is 0 Å². The minimum absolute atomic E-state index is 0.719. The largest absolute Gasteiger partial charge is 0.0620 e. The predicted octanol–water partition coefficient (Wildman–Crippen LogP) is 7.35. The fourth-order valence-electron chi connectivity index (χ4n) is 8.35. The lowest BCUT2D eigenvalue weighted by Gasteiger charge is -2.47. The molecule has 0 aromatic heterocycles. The first-order valence-corrected chi connectivity index (χ1v) is 12.3. The average molecular weight is 492 g/mol. The Labute approximate surface area is 182 Å². The molecule has 0 unspecified atom stereocenters. The summed E-state index contributed by atoms with van der Waals surface area (Å²) in [4.78, 5) is 0. The van der Waals surface area contributed by atoms with Crippen molar-refractivity contribution in [1.29, 1.82) is 0 Å². The number of allylic oxidation sites excluding steroid dienone is 4. The van der Waals surface area contributed by atoms with Crippen LogP contribution in [0.2, 0.25) is 0 Å². The summed E-state index contributed by atoms with van der Waals surface area (Å²) in [6.45, 7) is 0. The molecular formula is C26H20Br2. The molecule has 0 aliphatic heterocycles. The summed E-state index contributed by atoms with van der Waals surface area (Å²) < 4.78 is 3.11. The van der Waals surface area contributed by atoms with Crippen LogP contribution in [0.25, 0.3) is 0 Å². The van der Waals surface area contributed by atoms with E-state index in [-0.39, 0.29) is 0 Å². The van der Waals surface area contributed by atoms with Gasteiger partial charge in [-0.05, 0) is 93.6 Å². The molecule has 8 rings (SSSR count). The lowest BCUT2D eigenvalue weighted by atomic mass is 9.58. The van der Waals surface area contributed by atoms with Crippen LogP contribution in [0.3, 0.4) is 0 Å². The first kappa shape index (κ1) is 15.7. The normalized spacial score (nSPS) is 42.8. The van der Waals surface area contributed by atoms with Crippen LogP contribution in [-0.4, -0.2) is 0 Å². The maximum atomic E-state index is 4.13. The Morgan fingerprint density at radius 1 is 0.500 bits per heavy atom. The standard InChI is InChI=1S/C26H20Br2/c27-25-17-9-15(19-11-5-1-3-7-13(11)21(17)19)23(25)24-16-10-18(26(24)28)22-14-8-4-2-6-12(14)20(16)22/h1-8,15-22H,9-10H2/t15-,16+,17+,18-,19+,20-,21-,22+. The molecule has 2 aromatic rings. The van der Waals surface area contributed by atoms with Gasteiger partial charge in [0.05, 0.1) is 0 Å². The molecule has 0 spiro atoms. The maximum Gasteiger partial charge on any atom is 0.00263 e. The summed E-state index contributed by atoms with van der Waals surface area (Å²) in [5.41, 5.74) is 9.97. The average Bonchev–Trinajstić information content (AvgIpc) is 3.37. The Balaban J connectivity index is 1.25. The first-order valence-electron chi connectivity index (χ1n) is 10.7. The van der Waals surface area contributed by atoms with E-state index in [2.05, 4.69) is 80.4 Å². The second kappa shape index (κ2) is 4.95. The summed E-state index contributed by atoms with van der Waals surface area (Å²) in [6.07, 6.45) is 2.71. The Kier molecular flexibility index (Phi) is 2.77. The van der Waals surface area contributed by atoms with E-state index in [0.29, 0.717) is 0 Å². The molecule has 2 aromatic carbocycles. The molecule has 8 atom stereocenters. The minimum atomic E-state index is 0.719. The molecule has 2 saturated carbocycles. The SMILES string of the molecule is BrC1=C(C2=C(Br)[C@@H]3C[C@H]2[C@H]2c4ccccc4[C@H]23)[C@@H]2C[C@H]1[C@H]1c3ccccc3[C@H]12. The molecule has 6 aliphatic carbocycles. The quantitative estimate of drug-likeness (QED) is 0.391. The van der Waals surface area contributed by atoms with Gasteiger partial charge in [0.2, 0.25) is 0 Å². The summed E-state index contributed by atoms with van der Waals surface area (Å²) in [6, 6.07) is 18.5. The fraction of sp³-hybridized carbons (Fsp3) is 0.385. The van der Waals surface area contributed by atoms with E-state index >= 15 is 0 Å². The van der Waals surface area contributed by atoms with Gasteiger partial charge in [-0.1, -0.05) is 80.4 Å². The number of hydrogen-bond donors (Lipinski definition) is 0. The van der Waals surface area contributed by atoms with Gasteiger partial charge >= 0.3 is 0 Å². The van der Waals surface area contributed by atoms with Crippen molar-refractivity contribution in [2.24, 2.45) is 23.7 Å².